The first-order valence-electron chi connectivity index (χ1n) is 8.20. The van der Waals surface area contributed by atoms with Gasteiger partial charge in [-0.05, 0) is 43.2 Å². The minimum Gasteiger partial charge on any atom is -0.294 e. The molecule has 2 heterocycles. The Morgan fingerprint density at radius 1 is 0.857 bits per heavy atom. The molecule has 0 bridgehead atoms. The largest absolute Gasteiger partial charge is 0.294 e. The van der Waals surface area contributed by atoms with E-state index < -0.39 is 0 Å². The van der Waals surface area contributed by atoms with Crippen LogP contribution in [-0.2, 0) is 12.8 Å². The molecule has 0 amide bonds. The summed E-state index contributed by atoms with van der Waals surface area (Å²) in [6.07, 6.45) is 6.57. The molecule has 0 radical (unpaired) electrons. The summed E-state index contributed by atoms with van der Waals surface area (Å²) in [5, 5.41) is 0. The number of nitrogens with zero attached hydrogens (tertiary/aromatic N) is 1. The SMILES string of the molecule is c1ccc(C[C@@H]2CCC3(Cc4ccccc4)CCN23)cc1. The van der Waals surface area contributed by atoms with E-state index in [2.05, 4.69) is 65.6 Å². The molecule has 1 heteroatoms. The first-order chi connectivity index (χ1) is 10.4. The zero-order chi connectivity index (χ0) is 14.1. The fraction of sp³-hybridized carbons (Fsp3) is 0.400. The Morgan fingerprint density at radius 3 is 2.14 bits per heavy atom. The Labute approximate surface area is 127 Å². The van der Waals surface area contributed by atoms with Gasteiger partial charge in [-0.15, -0.1) is 0 Å². The van der Waals surface area contributed by atoms with Gasteiger partial charge in [0.15, 0.2) is 0 Å². The molecule has 1 nitrogen and oxygen atoms in total. The van der Waals surface area contributed by atoms with Crippen molar-refractivity contribution in [1.29, 1.82) is 0 Å². The third-order valence-electron chi connectivity index (χ3n) is 5.50. The van der Waals surface area contributed by atoms with Crippen molar-refractivity contribution in [2.24, 2.45) is 0 Å². The molecule has 0 spiro atoms. The van der Waals surface area contributed by atoms with Gasteiger partial charge in [0, 0.05) is 18.1 Å². The maximum atomic E-state index is 2.80. The van der Waals surface area contributed by atoms with Crippen LogP contribution in [0.4, 0.5) is 0 Å². The Kier molecular flexibility index (Phi) is 3.31. The van der Waals surface area contributed by atoms with Crippen molar-refractivity contribution in [3.05, 3.63) is 71.8 Å². The van der Waals surface area contributed by atoms with Gasteiger partial charge in [-0.1, -0.05) is 60.7 Å². The van der Waals surface area contributed by atoms with Crippen LogP contribution in [0.5, 0.6) is 0 Å². The molecule has 2 aliphatic heterocycles. The molecule has 1 unspecified atom stereocenters. The van der Waals surface area contributed by atoms with Gasteiger partial charge in [0.1, 0.15) is 0 Å². The van der Waals surface area contributed by atoms with E-state index in [1.54, 1.807) is 0 Å². The molecule has 108 valence electrons. The molecule has 21 heavy (non-hydrogen) atoms. The molecular formula is C20H23N. The van der Waals surface area contributed by atoms with Crippen molar-refractivity contribution >= 4 is 0 Å². The third kappa shape index (κ3) is 2.40. The smallest absolute Gasteiger partial charge is 0.0265 e. The zero-order valence-corrected chi connectivity index (χ0v) is 12.5. The van der Waals surface area contributed by atoms with Crippen LogP contribution < -0.4 is 0 Å². The van der Waals surface area contributed by atoms with E-state index >= 15 is 0 Å². The molecular weight excluding hydrogens is 254 g/mol. The number of fused-ring (bicyclic) bond motifs is 1. The van der Waals surface area contributed by atoms with Crippen molar-refractivity contribution in [2.75, 3.05) is 6.54 Å². The van der Waals surface area contributed by atoms with Crippen LogP contribution in [0.15, 0.2) is 60.7 Å². The topological polar surface area (TPSA) is 3.24 Å². The first kappa shape index (κ1) is 13.1. The summed E-state index contributed by atoms with van der Waals surface area (Å²) in [5.41, 5.74) is 3.47. The quantitative estimate of drug-likeness (QED) is 0.814. The van der Waals surface area contributed by atoms with Crippen LogP contribution in [0, 0.1) is 0 Å². The standard InChI is InChI=1S/C20H23N/c1-3-7-17(8-4-1)15-19-11-12-20(13-14-21(19)20)16-18-9-5-2-6-10-18/h1-10,19H,11-16H2/t19-,20?/m0/s1. The number of benzene rings is 2. The predicted molar refractivity (Wildman–Crippen MR) is 87.4 cm³/mol. The van der Waals surface area contributed by atoms with Gasteiger partial charge in [0.05, 0.1) is 0 Å². The molecule has 0 N–H and O–H groups in total. The van der Waals surface area contributed by atoms with Crippen LogP contribution in [0.1, 0.15) is 30.4 Å². The molecule has 4 rings (SSSR count). The maximum Gasteiger partial charge on any atom is 0.0265 e. The van der Waals surface area contributed by atoms with Gasteiger partial charge < -0.3 is 0 Å². The third-order valence-corrected chi connectivity index (χ3v) is 5.50. The molecule has 2 atom stereocenters. The van der Waals surface area contributed by atoms with Gasteiger partial charge in [-0.2, -0.15) is 0 Å². The second kappa shape index (κ2) is 5.31. The maximum absolute atomic E-state index is 2.80. The Morgan fingerprint density at radius 2 is 1.52 bits per heavy atom. The van der Waals surface area contributed by atoms with Gasteiger partial charge in [0.25, 0.3) is 0 Å². The lowest BCUT2D eigenvalue weighted by Crippen LogP contribution is -2.59. The summed E-state index contributed by atoms with van der Waals surface area (Å²) < 4.78 is 0. The predicted octanol–water partition coefficient (Wildman–Crippen LogP) is 4.08. The summed E-state index contributed by atoms with van der Waals surface area (Å²) in [6.45, 7) is 1.30. The lowest BCUT2D eigenvalue weighted by Gasteiger charge is -2.51. The van der Waals surface area contributed by atoms with E-state index in [4.69, 9.17) is 0 Å². The molecule has 2 saturated heterocycles. The van der Waals surface area contributed by atoms with Gasteiger partial charge in [-0.3, -0.25) is 4.90 Å². The minimum atomic E-state index is 0.473. The fourth-order valence-corrected chi connectivity index (χ4v) is 4.34. The summed E-state index contributed by atoms with van der Waals surface area (Å²) in [5.74, 6) is 0. The number of hydrogen-bond acceptors (Lipinski definition) is 1. The van der Waals surface area contributed by atoms with Crippen LogP contribution in [-0.4, -0.2) is 23.0 Å². The van der Waals surface area contributed by atoms with Crippen molar-refractivity contribution in [3.63, 3.8) is 0 Å². The monoisotopic (exact) mass is 277 g/mol. The van der Waals surface area contributed by atoms with Gasteiger partial charge in [0.2, 0.25) is 0 Å². The normalized spacial score (nSPS) is 28.1. The molecule has 2 aromatic rings. The second-order valence-corrected chi connectivity index (χ2v) is 6.71. The van der Waals surface area contributed by atoms with Crippen LogP contribution >= 0.6 is 0 Å². The van der Waals surface area contributed by atoms with Crippen LogP contribution in [0.2, 0.25) is 0 Å². The van der Waals surface area contributed by atoms with E-state index in [0.29, 0.717) is 5.54 Å². The zero-order valence-electron chi connectivity index (χ0n) is 12.5. The summed E-state index contributed by atoms with van der Waals surface area (Å²) in [7, 11) is 0. The molecule has 2 aromatic carbocycles. The average Bonchev–Trinajstić information content (AvgIpc) is 2.73. The van der Waals surface area contributed by atoms with Crippen LogP contribution in [0.25, 0.3) is 0 Å². The highest BCUT2D eigenvalue weighted by Gasteiger charge is 2.51. The van der Waals surface area contributed by atoms with E-state index in [0.717, 1.165) is 6.04 Å². The average molecular weight is 277 g/mol. The number of rotatable bonds is 4. The Hall–Kier alpha value is -1.60. The number of hydrogen-bond donors (Lipinski definition) is 0. The molecule has 2 fully saturated rings. The summed E-state index contributed by atoms with van der Waals surface area (Å²) in [6, 6.07) is 22.8. The highest BCUT2D eigenvalue weighted by atomic mass is 15.3. The summed E-state index contributed by atoms with van der Waals surface area (Å²) in [4.78, 5) is 2.80. The van der Waals surface area contributed by atoms with Gasteiger partial charge >= 0.3 is 0 Å². The molecule has 0 aromatic heterocycles. The summed E-state index contributed by atoms with van der Waals surface area (Å²) >= 11 is 0. The van der Waals surface area contributed by atoms with Crippen molar-refractivity contribution in [1.82, 2.24) is 4.90 Å². The molecule has 0 saturated carbocycles. The highest BCUT2D eigenvalue weighted by Crippen LogP contribution is 2.47. The fourth-order valence-electron chi connectivity index (χ4n) is 4.34. The lowest BCUT2D eigenvalue weighted by atomic mass is 9.79. The molecule has 2 aliphatic rings. The van der Waals surface area contributed by atoms with E-state index in [9.17, 15) is 0 Å². The second-order valence-electron chi connectivity index (χ2n) is 6.71. The van der Waals surface area contributed by atoms with Crippen molar-refractivity contribution in [3.8, 4) is 0 Å². The Bertz CT molecular complexity index is 592. The van der Waals surface area contributed by atoms with E-state index in [1.807, 2.05) is 0 Å². The lowest BCUT2D eigenvalue weighted by molar-refractivity contribution is -0.00213. The van der Waals surface area contributed by atoms with Crippen molar-refractivity contribution < 1.29 is 0 Å². The molecule has 0 aliphatic carbocycles. The van der Waals surface area contributed by atoms with Gasteiger partial charge in [-0.25, -0.2) is 0 Å². The van der Waals surface area contributed by atoms with Crippen LogP contribution in [0.3, 0.4) is 0 Å². The minimum absolute atomic E-state index is 0.473. The van der Waals surface area contributed by atoms with E-state index in [-0.39, 0.29) is 0 Å². The van der Waals surface area contributed by atoms with E-state index in [1.165, 1.54) is 49.8 Å². The highest BCUT2D eigenvalue weighted by molar-refractivity contribution is 5.23. The Balaban J connectivity index is 1.47. The van der Waals surface area contributed by atoms with Crippen molar-refractivity contribution in [2.45, 2.75) is 43.7 Å². The first-order valence-corrected chi connectivity index (χ1v) is 8.20.